The summed E-state index contributed by atoms with van der Waals surface area (Å²) in [5, 5.41) is 1.95. The normalized spacial score (nSPS) is 11.0. The summed E-state index contributed by atoms with van der Waals surface area (Å²) >= 11 is 0. The third-order valence-corrected chi connectivity index (χ3v) is 3.93. The number of nitrogens with zero attached hydrogens (tertiary/aromatic N) is 2. The maximum atomic E-state index is 12.1. The molecule has 4 rings (SSSR count). The number of para-hydroxylation sites is 1. The molecule has 0 radical (unpaired) electrons. The SMILES string of the molecule is CCOC(=O)c1cc2c([nH]1)c(-c1ccncc1)nc1ccccc12. The van der Waals surface area contributed by atoms with E-state index in [1.165, 1.54) is 0 Å². The van der Waals surface area contributed by atoms with Crippen molar-refractivity contribution in [2.24, 2.45) is 0 Å². The molecule has 1 aromatic carbocycles. The van der Waals surface area contributed by atoms with Crippen LogP contribution in [0.4, 0.5) is 0 Å². The van der Waals surface area contributed by atoms with Gasteiger partial charge in [0.1, 0.15) is 5.69 Å². The second-order valence-corrected chi connectivity index (χ2v) is 5.41. The van der Waals surface area contributed by atoms with E-state index < -0.39 is 0 Å². The van der Waals surface area contributed by atoms with Gasteiger partial charge in [-0.15, -0.1) is 0 Å². The number of carbonyl (C=O) groups excluding carboxylic acids is 1. The van der Waals surface area contributed by atoms with Crippen molar-refractivity contribution < 1.29 is 9.53 Å². The molecule has 5 heteroatoms. The Balaban J connectivity index is 2.05. The number of aromatic nitrogens is 3. The fourth-order valence-electron chi connectivity index (χ4n) is 2.87. The third-order valence-electron chi connectivity index (χ3n) is 3.93. The van der Waals surface area contributed by atoms with E-state index in [2.05, 4.69) is 9.97 Å². The number of nitrogens with one attached hydrogen (secondary N) is 1. The van der Waals surface area contributed by atoms with Crippen molar-refractivity contribution in [1.29, 1.82) is 0 Å². The first-order chi connectivity index (χ1) is 11.8. The van der Waals surface area contributed by atoms with Gasteiger partial charge in [-0.05, 0) is 31.2 Å². The van der Waals surface area contributed by atoms with Crippen LogP contribution in [0, 0.1) is 0 Å². The van der Waals surface area contributed by atoms with Crippen molar-refractivity contribution in [3.05, 3.63) is 60.6 Å². The molecule has 0 aliphatic carbocycles. The number of ether oxygens (including phenoxy) is 1. The Hall–Kier alpha value is -3.21. The maximum absolute atomic E-state index is 12.1. The van der Waals surface area contributed by atoms with Gasteiger partial charge in [0.05, 0.1) is 23.3 Å². The summed E-state index contributed by atoms with van der Waals surface area (Å²) in [6.07, 6.45) is 3.46. The number of H-pyrrole nitrogens is 1. The summed E-state index contributed by atoms with van der Waals surface area (Å²) in [6.45, 7) is 2.13. The zero-order valence-corrected chi connectivity index (χ0v) is 13.1. The Kier molecular flexibility index (Phi) is 3.46. The summed E-state index contributed by atoms with van der Waals surface area (Å²) in [4.78, 5) is 24.1. The summed E-state index contributed by atoms with van der Waals surface area (Å²) < 4.78 is 5.11. The van der Waals surface area contributed by atoms with Gasteiger partial charge in [-0.3, -0.25) is 4.98 Å². The number of rotatable bonds is 3. The van der Waals surface area contributed by atoms with E-state index >= 15 is 0 Å². The van der Waals surface area contributed by atoms with E-state index in [0.717, 1.165) is 33.1 Å². The Morgan fingerprint density at radius 1 is 1.12 bits per heavy atom. The van der Waals surface area contributed by atoms with E-state index in [-0.39, 0.29) is 5.97 Å². The molecule has 0 spiro atoms. The average Bonchev–Trinajstić information content (AvgIpc) is 3.08. The summed E-state index contributed by atoms with van der Waals surface area (Å²) in [7, 11) is 0. The lowest BCUT2D eigenvalue weighted by Crippen LogP contribution is -2.04. The van der Waals surface area contributed by atoms with E-state index in [1.807, 2.05) is 42.5 Å². The number of hydrogen-bond acceptors (Lipinski definition) is 4. The molecule has 0 atom stereocenters. The van der Waals surface area contributed by atoms with Gasteiger partial charge >= 0.3 is 5.97 Å². The summed E-state index contributed by atoms with van der Waals surface area (Å²) in [6, 6.07) is 13.5. The largest absolute Gasteiger partial charge is 0.461 e. The van der Waals surface area contributed by atoms with Crippen molar-refractivity contribution >= 4 is 27.8 Å². The minimum absolute atomic E-state index is 0.338. The quantitative estimate of drug-likeness (QED) is 0.581. The van der Waals surface area contributed by atoms with Crippen molar-refractivity contribution in [1.82, 2.24) is 15.0 Å². The van der Waals surface area contributed by atoms with Crippen LogP contribution in [0.5, 0.6) is 0 Å². The lowest BCUT2D eigenvalue weighted by atomic mass is 10.1. The number of pyridine rings is 2. The predicted octanol–water partition coefficient (Wildman–Crippen LogP) is 3.95. The number of esters is 1. The predicted molar refractivity (Wildman–Crippen MR) is 92.8 cm³/mol. The molecule has 4 aromatic rings. The zero-order chi connectivity index (χ0) is 16.5. The van der Waals surface area contributed by atoms with Gasteiger partial charge in [-0.1, -0.05) is 18.2 Å². The molecule has 24 heavy (non-hydrogen) atoms. The molecule has 1 N–H and O–H groups in total. The molecule has 3 heterocycles. The summed E-state index contributed by atoms with van der Waals surface area (Å²) in [5.74, 6) is -0.363. The number of benzene rings is 1. The topological polar surface area (TPSA) is 67.9 Å². The molecule has 0 saturated carbocycles. The van der Waals surface area contributed by atoms with Crippen LogP contribution in [0.25, 0.3) is 33.1 Å². The van der Waals surface area contributed by atoms with Crippen LogP contribution in [0.15, 0.2) is 54.9 Å². The monoisotopic (exact) mass is 317 g/mol. The van der Waals surface area contributed by atoms with Crippen LogP contribution in [0.3, 0.4) is 0 Å². The van der Waals surface area contributed by atoms with E-state index in [4.69, 9.17) is 9.72 Å². The maximum Gasteiger partial charge on any atom is 0.354 e. The Morgan fingerprint density at radius 2 is 1.92 bits per heavy atom. The molecule has 0 amide bonds. The van der Waals surface area contributed by atoms with Gasteiger partial charge in [0.2, 0.25) is 0 Å². The minimum atomic E-state index is -0.363. The van der Waals surface area contributed by atoms with Gasteiger partial charge in [0.25, 0.3) is 0 Å². The van der Waals surface area contributed by atoms with E-state index in [9.17, 15) is 4.79 Å². The van der Waals surface area contributed by atoms with E-state index in [1.54, 1.807) is 19.3 Å². The average molecular weight is 317 g/mol. The van der Waals surface area contributed by atoms with Crippen molar-refractivity contribution in [3.8, 4) is 11.3 Å². The first-order valence-electron chi connectivity index (χ1n) is 7.77. The molecular formula is C19H15N3O2. The number of aromatic amines is 1. The van der Waals surface area contributed by atoms with Crippen LogP contribution in [-0.4, -0.2) is 27.5 Å². The Morgan fingerprint density at radius 3 is 2.71 bits per heavy atom. The van der Waals surface area contributed by atoms with Crippen LogP contribution >= 0.6 is 0 Å². The zero-order valence-electron chi connectivity index (χ0n) is 13.1. The molecule has 0 saturated heterocycles. The fraction of sp³-hybridized carbons (Fsp3) is 0.105. The number of hydrogen-bond donors (Lipinski definition) is 1. The Bertz CT molecular complexity index is 1040. The molecule has 3 aromatic heterocycles. The second-order valence-electron chi connectivity index (χ2n) is 5.41. The van der Waals surface area contributed by atoms with Crippen molar-refractivity contribution in [2.75, 3.05) is 6.61 Å². The van der Waals surface area contributed by atoms with Crippen molar-refractivity contribution in [3.63, 3.8) is 0 Å². The smallest absolute Gasteiger partial charge is 0.354 e. The van der Waals surface area contributed by atoms with Crippen LogP contribution in [-0.2, 0) is 4.74 Å². The molecule has 118 valence electrons. The third kappa shape index (κ3) is 2.31. The molecule has 0 aliphatic rings. The lowest BCUT2D eigenvalue weighted by molar-refractivity contribution is 0.0520. The fourth-order valence-corrected chi connectivity index (χ4v) is 2.87. The van der Waals surface area contributed by atoms with Crippen LogP contribution < -0.4 is 0 Å². The van der Waals surface area contributed by atoms with Crippen LogP contribution in [0.2, 0.25) is 0 Å². The molecule has 0 aliphatic heterocycles. The number of carbonyl (C=O) groups is 1. The highest BCUT2D eigenvalue weighted by Gasteiger charge is 2.16. The molecule has 0 unspecified atom stereocenters. The van der Waals surface area contributed by atoms with Gasteiger partial charge < -0.3 is 9.72 Å². The molecule has 0 bridgehead atoms. The number of fused-ring (bicyclic) bond motifs is 3. The van der Waals surface area contributed by atoms with E-state index in [0.29, 0.717) is 12.3 Å². The first kappa shape index (κ1) is 14.4. The Labute approximate surface area is 138 Å². The highest BCUT2D eigenvalue weighted by molar-refractivity contribution is 6.12. The van der Waals surface area contributed by atoms with Gasteiger partial charge in [-0.2, -0.15) is 0 Å². The second kappa shape index (κ2) is 5.77. The van der Waals surface area contributed by atoms with Gasteiger partial charge in [0.15, 0.2) is 0 Å². The first-order valence-corrected chi connectivity index (χ1v) is 7.77. The van der Waals surface area contributed by atoms with Gasteiger partial charge in [0, 0.05) is 28.7 Å². The molecular weight excluding hydrogens is 302 g/mol. The standard InChI is InChI=1S/C19H15N3O2/c1-2-24-19(23)16-11-14-13-5-3-4-6-15(13)21-17(18(14)22-16)12-7-9-20-10-8-12/h3-11,22H,2H2,1H3. The lowest BCUT2D eigenvalue weighted by Gasteiger charge is -2.06. The minimum Gasteiger partial charge on any atom is -0.461 e. The van der Waals surface area contributed by atoms with Gasteiger partial charge in [-0.25, -0.2) is 9.78 Å². The molecule has 0 fully saturated rings. The van der Waals surface area contributed by atoms with Crippen LogP contribution in [0.1, 0.15) is 17.4 Å². The summed E-state index contributed by atoms with van der Waals surface area (Å²) in [5.41, 5.74) is 3.87. The highest BCUT2D eigenvalue weighted by atomic mass is 16.5. The van der Waals surface area contributed by atoms with Crippen molar-refractivity contribution in [2.45, 2.75) is 6.92 Å². The molecule has 5 nitrogen and oxygen atoms in total. The highest BCUT2D eigenvalue weighted by Crippen LogP contribution is 2.32.